The first kappa shape index (κ1) is 23.3. The second-order valence-corrected chi connectivity index (χ2v) is 7.84. The van der Waals surface area contributed by atoms with Crippen LogP contribution in [0.3, 0.4) is 0 Å². The van der Waals surface area contributed by atoms with Crippen molar-refractivity contribution in [3.8, 4) is 11.8 Å². The van der Waals surface area contributed by atoms with Crippen molar-refractivity contribution >= 4 is 11.7 Å². The molecule has 0 unspecified atom stereocenters. The number of rotatable bonds is 3. The molecule has 3 aromatic rings. The predicted molar refractivity (Wildman–Crippen MR) is 122 cm³/mol. The maximum atomic E-state index is 13.3. The summed E-state index contributed by atoms with van der Waals surface area (Å²) in [5.41, 5.74) is 1.08. The van der Waals surface area contributed by atoms with Gasteiger partial charge in [-0.3, -0.25) is 4.79 Å². The lowest BCUT2D eigenvalue weighted by Crippen LogP contribution is -2.49. The number of carbonyl (C=O) groups excluding carboxylic acids is 1. The highest BCUT2D eigenvalue weighted by Crippen LogP contribution is 2.32. The Bertz CT molecular complexity index is 1220. The molecule has 4 rings (SSSR count). The van der Waals surface area contributed by atoms with Crippen LogP contribution in [0.4, 0.5) is 19.0 Å². The van der Waals surface area contributed by atoms with Crippen molar-refractivity contribution in [3.05, 3.63) is 94.7 Å². The summed E-state index contributed by atoms with van der Waals surface area (Å²) in [5.74, 6) is 6.19. The molecular formula is C26H22F3N3O2. The molecule has 1 saturated heterocycles. The van der Waals surface area contributed by atoms with Gasteiger partial charge in [-0.05, 0) is 42.0 Å². The molecule has 1 N–H and O–H groups in total. The van der Waals surface area contributed by atoms with Crippen LogP contribution in [-0.2, 0) is 12.8 Å². The number of hydrogen-bond donors (Lipinski definition) is 1. The van der Waals surface area contributed by atoms with Crippen LogP contribution >= 0.6 is 0 Å². The fourth-order valence-corrected chi connectivity index (χ4v) is 3.76. The van der Waals surface area contributed by atoms with Crippen LogP contribution in [0.25, 0.3) is 0 Å². The van der Waals surface area contributed by atoms with Crippen molar-refractivity contribution in [3.63, 3.8) is 0 Å². The van der Waals surface area contributed by atoms with Gasteiger partial charge in [0.2, 0.25) is 0 Å². The van der Waals surface area contributed by atoms with Gasteiger partial charge >= 0.3 is 6.18 Å². The molecule has 0 spiro atoms. The van der Waals surface area contributed by atoms with E-state index in [0.717, 1.165) is 28.6 Å². The molecule has 0 atom stereocenters. The first-order chi connectivity index (χ1) is 16.3. The summed E-state index contributed by atoms with van der Waals surface area (Å²) in [4.78, 5) is 20.6. The van der Waals surface area contributed by atoms with E-state index < -0.39 is 17.6 Å². The number of aromatic nitrogens is 1. The Kier molecular flexibility index (Phi) is 6.85. The lowest BCUT2D eigenvalue weighted by Gasteiger charge is -2.35. The molecule has 0 saturated carbocycles. The van der Waals surface area contributed by atoms with E-state index >= 15 is 0 Å². The predicted octanol–water partition coefficient (Wildman–Crippen LogP) is 3.95. The highest BCUT2D eigenvalue weighted by molar-refractivity contribution is 5.96. The minimum Gasteiger partial charge on any atom is -0.392 e. The number of hydrogen-bond acceptors (Lipinski definition) is 4. The summed E-state index contributed by atoms with van der Waals surface area (Å²) >= 11 is 0. The van der Waals surface area contributed by atoms with Crippen molar-refractivity contribution in [1.82, 2.24) is 9.88 Å². The van der Waals surface area contributed by atoms with Crippen molar-refractivity contribution < 1.29 is 23.1 Å². The molecule has 174 valence electrons. The molecular weight excluding hydrogens is 443 g/mol. The fourth-order valence-electron chi connectivity index (χ4n) is 3.76. The minimum atomic E-state index is -4.58. The number of benzene rings is 2. The lowest BCUT2D eigenvalue weighted by atomic mass is 10.1. The molecule has 0 radical (unpaired) electrons. The van der Waals surface area contributed by atoms with Crippen LogP contribution in [-0.4, -0.2) is 47.1 Å². The first-order valence-corrected chi connectivity index (χ1v) is 10.7. The molecule has 0 aliphatic carbocycles. The molecule has 1 aliphatic heterocycles. The normalized spacial score (nSPS) is 13.9. The zero-order valence-electron chi connectivity index (χ0n) is 18.2. The number of anilines is 1. The SMILES string of the molecule is O=C(c1ccccc1C(F)(F)F)N1CCN(c2ccc(C#Cc3cccc(CO)c3)cn2)CC1. The van der Waals surface area contributed by atoms with E-state index in [-0.39, 0.29) is 12.2 Å². The summed E-state index contributed by atoms with van der Waals surface area (Å²) in [6.45, 7) is 1.49. The van der Waals surface area contributed by atoms with Gasteiger partial charge in [-0.15, -0.1) is 0 Å². The third kappa shape index (κ3) is 5.38. The summed E-state index contributed by atoms with van der Waals surface area (Å²) in [6, 6.07) is 15.9. The lowest BCUT2D eigenvalue weighted by molar-refractivity contribution is -0.138. The Balaban J connectivity index is 1.39. The van der Waals surface area contributed by atoms with Crippen molar-refractivity contribution in [2.75, 3.05) is 31.1 Å². The Hall–Kier alpha value is -3.83. The van der Waals surface area contributed by atoms with Gasteiger partial charge < -0.3 is 14.9 Å². The topological polar surface area (TPSA) is 56.7 Å². The number of alkyl halides is 3. The van der Waals surface area contributed by atoms with E-state index in [1.807, 2.05) is 41.3 Å². The van der Waals surface area contributed by atoms with E-state index in [2.05, 4.69) is 16.8 Å². The summed E-state index contributed by atoms with van der Waals surface area (Å²) < 4.78 is 39.8. The van der Waals surface area contributed by atoms with Gasteiger partial charge in [0.1, 0.15) is 5.82 Å². The van der Waals surface area contributed by atoms with Crippen molar-refractivity contribution in [1.29, 1.82) is 0 Å². The average molecular weight is 465 g/mol. The van der Waals surface area contributed by atoms with E-state index in [1.54, 1.807) is 6.20 Å². The van der Waals surface area contributed by atoms with Crippen LogP contribution in [0.15, 0.2) is 66.9 Å². The maximum absolute atomic E-state index is 13.3. The standard InChI is InChI=1S/C26H22F3N3O2/c27-26(28,29)23-7-2-1-6-22(23)25(34)32-14-12-31(13-15-32)24-11-10-20(17-30-24)9-8-19-4-3-5-21(16-19)18-33/h1-7,10-11,16-17,33H,12-15,18H2. The van der Waals surface area contributed by atoms with E-state index in [0.29, 0.717) is 26.2 Å². The number of piperazine rings is 1. The molecule has 34 heavy (non-hydrogen) atoms. The highest BCUT2D eigenvalue weighted by atomic mass is 19.4. The Labute approximate surface area is 195 Å². The third-order valence-electron chi connectivity index (χ3n) is 5.56. The van der Waals surface area contributed by atoms with Gasteiger partial charge in [0.25, 0.3) is 5.91 Å². The molecule has 1 fully saturated rings. The smallest absolute Gasteiger partial charge is 0.392 e. The van der Waals surface area contributed by atoms with Crippen molar-refractivity contribution in [2.24, 2.45) is 0 Å². The molecule has 1 aliphatic rings. The summed E-state index contributed by atoms with van der Waals surface area (Å²) in [6.07, 6.45) is -2.92. The first-order valence-electron chi connectivity index (χ1n) is 10.7. The van der Waals surface area contributed by atoms with Gasteiger partial charge in [0, 0.05) is 43.5 Å². The minimum absolute atomic E-state index is 0.0422. The number of aliphatic hydroxyl groups excluding tert-OH is 1. The molecule has 2 aromatic carbocycles. The van der Waals surface area contributed by atoms with Crippen LogP contribution in [0.1, 0.15) is 32.6 Å². The molecule has 1 amide bonds. The number of carbonyl (C=O) groups is 1. The Morgan fingerprint density at radius 1 is 0.941 bits per heavy atom. The van der Waals surface area contributed by atoms with Crippen LogP contribution in [0.2, 0.25) is 0 Å². The van der Waals surface area contributed by atoms with E-state index in [9.17, 15) is 23.1 Å². The zero-order chi connectivity index (χ0) is 24.1. The zero-order valence-corrected chi connectivity index (χ0v) is 18.2. The number of pyridine rings is 1. The van der Waals surface area contributed by atoms with Crippen molar-refractivity contribution in [2.45, 2.75) is 12.8 Å². The van der Waals surface area contributed by atoms with Gasteiger partial charge in [-0.25, -0.2) is 4.98 Å². The average Bonchev–Trinajstić information content (AvgIpc) is 2.87. The quantitative estimate of drug-likeness (QED) is 0.595. The third-order valence-corrected chi connectivity index (χ3v) is 5.56. The molecule has 1 aromatic heterocycles. The maximum Gasteiger partial charge on any atom is 0.417 e. The Morgan fingerprint density at radius 3 is 2.35 bits per heavy atom. The van der Waals surface area contributed by atoms with Gasteiger partial charge in [0.15, 0.2) is 0 Å². The molecule has 2 heterocycles. The fraction of sp³-hybridized carbons (Fsp3) is 0.231. The van der Waals surface area contributed by atoms with E-state index in [1.165, 1.54) is 23.1 Å². The van der Waals surface area contributed by atoms with E-state index in [4.69, 9.17) is 0 Å². The number of nitrogens with zero attached hydrogens (tertiary/aromatic N) is 3. The van der Waals surface area contributed by atoms with Crippen LogP contribution in [0.5, 0.6) is 0 Å². The second-order valence-electron chi connectivity index (χ2n) is 7.84. The largest absolute Gasteiger partial charge is 0.417 e. The highest BCUT2D eigenvalue weighted by Gasteiger charge is 2.36. The molecule has 5 nitrogen and oxygen atoms in total. The summed E-state index contributed by atoms with van der Waals surface area (Å²) in [5, 5.41) is 9.22. The summed E-state index contributed by atoms with van der Waals surface area (Å²) in [7, 11) is 0. The number of amides is 1. The molecule has 0 bridgehead atoms. The monoisotopic (exact) mass is 465 g/mol. The second kappa shape index (κ2) is 9.98. The number of halogens is 3. The Morgan fingerprint density at radius 2 is 1.68 bits per heavy atom. The number of aliphatic hydroxyl groups is 1. The van der Waals surface area contributed by atoms with Crippen LogP contribution < -0.4 is 4.90 Å². The molecule has 8 heteroatoms. The van der Waals surface area contributed by atoms with Gasteiger partial charge in [-0.2, -0.15) is 13.2 Å². The van der Waals surface area contributed by atoms with Gasteiger partial charge in [-0.1, -0.05) is 36.1 Å². The van der Waals surface area contributed by atoms with Crippen LogP contribution in [0, 0.1) is 11.8 Å². The van der Waals surface area contributed by atoms with Gasteiger partial charge in [0.05, 0.1) is 17.7 Å².